The predicted molar refractivity (Wildman–Crippen MR) is 105 cm³/mol. The average molecular weight is 413 g/mol. The van der Waals surface area contributed by atoms with Crippen LogP contribution >= 0.6 is 11.6 Å². The molecular formula is C21H24ClF3N2O. The molecule has 1 aliphatic rings. The number of hydrogen-bond acceptors (Lipinski definition) is 3. The van der Waals surface area contributed by atoms with E-state index in [2.05, 4.69) is 10.2 Å². The molecular weight excluding hydrogens is 389 g/mol. The van der Waals surface area contributed by atoms with Crippen LogP contribution in [-0.2, 0) is 6.18 Å². The summed E-state index contributed by atoms with van der Waals surface area (Å²) < 4.78 is 44.9. The molecule has 1 saturated heterocycles. The van der Waals surface area contributed by atoms with Crippen LogP contribution < -0.4 is 10.1 Å². The van der Waals surface area contributed by atoms with E-state index >= 15 is 0 Å². The van der Waals surface area contributed by atoms with E-state index in [0.29, 0.717) is 17.4 Å². The summed E-state index contributed by atoms with van der Waals surface area (Å²) in [6.45, 7) is 5.75. The van der Waals surface area contributed by atoms with Crippen molar-refractivity contribution >= 4 is 11.6 Å². The Labute approximate surface area is 168 Å². The summed E-state index contributed by atoms with van der Waals surface area (Å²) in [4.78, 5) is 2.27. The molecule has 2 aromatic rings. The summed E-state index contributed by atoms with van der Waals surface area (Å²) >= 11 is 6.27. The van der Waals surface area contributed by atoms with Crippen LogP contribution in [0.3, 0.4) is 0 Å². The monoisotopic (exact) mass is 412 g/mol. The average Bonchev–Trinajstić information content (AvgIpc) is 2.93. The highest BCUT2D eigenvalue weighted by Crippen LogP contribution is 2.38. The Morgan fingerprint density at radius 3 is 2.54 bits per heavy atom. The van der Waals surface area contributed by atoms with Gasteiger partial charge in [0.2, 0.25) is 0 Å². The molecule has 0 spiro atoms. The molecule has 1 heterocycles. The number of benzene rings is 2. The molecule has 1 atom stereocenters. The topological polar surface area (TPSA) is 24.5 Å². The van der Waals surface area contributed by atoms with Crippen LogP contribution in [0.15, 0.2) is 42.5 Å². The fourth-order valence-corrected chi connectivity index (χ4v) is 3.77. The van der Waals surface area contributed by atoms with Crippen molar-refractivity contribution in [3.05, 3.63) is 64.2 Å². The molecule has 2 aromatic carbocycles. The van der Waals surface area contributed by atoms with E-state index in [1.54, 1.807) is 18.2 Å². The van der Waals surface area contributed by atoms with Gasteiger partial charge in [-0.15, -0.1) is 0 Å². The summed E-state index contributed by atoms with van der Waals surface area (Å²) in [6.07, 6.45) is -3.39. The maximum Gasteiger partial charge on any atom is 0.416 e. The second kappa shape index (κ2) is 9.16. The Morgan fingerprint density at radius 2 is 1.86 bits per heavy atom. The molecule has 0 aromatic heterocycles. The van der Waals surface area contributed by atoms with Gasteiger partial charge in [0, 0.05) is 30.2 Å². The molecule has 1 aliphatic heterocycles. The zero-order valence-corrected chi connectivity index (χ0v) is 16.5. The van der Waals surface area contributed by atoms with Crippen LogP contribution in [0, 0.1) is 0 Å². The van der Waals surface area contributed by atoms with Gasteiger partial charge in [-0.25, -0.2) is 0 Å². The van der Waals surface area contributed by atoms with E-state index in [-0.39, 0.29) is 6.04 Å². The third-order valence-corrected chi connectivity index (χ3v) is 5.09. The Balaban J connectivity index is 2.06. The lowest BCUT2D eigenvalue weighted by atomic mass is 9.95. The Morgan fingerprint density at radius 1 is 1.11 bits per heavy atom. The zero-order valence-electron chi connectivity index (χ0n) is 15.7. The number of alkyl halides is 3. The molecule has 1 fully saturated rings. The molecule has 0 saturated carbocycles. The quantitative estimate of drug-likeness (QED) is 0.735. The summed E-state index contributed by atoms with van der Waals surface area (Å²) in [6, 6.07) is 10.6. The number of ether oxygens (including phenoxy) is 1. The van der Waals surface area contributed by atoms with Gasteiger partial charge in [-0.05, 0) is 55.8 Å². The maximum atomic E-state index is 13.0. The molecule has 1 unspecified atom stereocenters. The first-order chi connectivity index (χ1) is 13.4. The van der Waals surface area contributed by atoms with Gasteiger partial charge in [0.25, 0.3) is 0 Å². The van der Waals surface area contributed by atoms with Crippen LogP contribution in [0.4, 0.5) is 13.2 Å². The van der Waals surface area contributed by atoms with E-state index in [9.17, 15) is 13.2 Å². The lowest BCUT2D eigenvalue weighted by Gasteiger charge is -2.32. The third-order valence-electron chi connectivity index (χ3n) is 4.86. The molecule has 0 radical (unpaired) electrons. The van der Waals surface area contributed by atoms with Gasteiger partial charge in [-0.1, -0.05) is 23.7 Å². The van der Waals surface area contributed by atoms with E-state index in [1.807, 2.05) is 19.1 Å². The zero-order chi connectivity index (χ0) is 20.1. The first-order valence-corrected chi connectivity index (χ1v) is 9.82. The standard InChI is InChI=1S/C21H24ClF3N2O/c1-2-28-19-9-8-17(22)14-18(19)20(27-12-3-10-26-11-13-27)15-4-6-16(7-5-15)21(23,24)25/h4-9,14,20,26H,2-3,10-13H2,1H3. The molecule has 3 rings (SSSR count). The van der Waals surface area contributed by atoms with E-state index in [0.717, 1.165) is 55.9 Å². The SMILES string of the molecule is CCOc1ccc(Cl)cc1C(c1ccc(C(F)(F)F)cc1)N1CCCNCC1. The summed E-state index contributed by atoms with van der Waals surface area (Å²) in [7, 11) is 0. The minimum atomic E-state index is -4.35. The Kier molecular flexibility index (Phi) is 6.86. The van der Waals surface area contributed by atoms with Crippen molar-refractivity contribution in [2.75, 3.05) is 32.8 Å². The minimum Gasteiger partial charge on any atom is -0.494 e. The van der Waals surface area contributed by atoms with E-state index < -0.39 is 11.7 Å². The van der Waals surface area contributed by atoms with Crippen LogP contribution in [0.1, 0.15) is 36.1 Å². The first-order valence-electron chi connectivity index (χ1n) is 9.44. The normalized spacial score (nSPS) is 17.2. The van der Waals surface area contributed by atoms with Crippen LogP contribution in [0.25, 0.3) is 0 Å². The van der Waals surface area contributed by atoms with Crippen molar-refractivity contribution in [3.8, 4) is 5.75 Å². The van der Waals surface area contributed by atoms with Gasteiger partial charge in [0.05, 0.1) is 18.2 Å². The van der Waals surface area contributed by atoms with Crippen LogP contribution in [0.5, 0.6) is 5.75 Å². The Bertz CT molecular complexity index is 772. The highest BCUT2D eigenvalue weighted by atomic mass is 35.5. The number of hydrogen-bond donors (Lipinski definition) is 1. The van der Waals surface area contributed by atoms with Crippen molar-refractivity contribution in [3.63, 3.8) is 0 Å². The molecule has 152 valence electrons. The van der Waals surface area contributed by atoms with Crippen molar-refractivity contribution in [1.82, 2.24) is 10.2 Å². The van der Waals surface area contributed by atoms with Gasteiger partial charge < -0.3 is 10.1 Å². The number of nitrogens with one attached hydrogen (secondary N) is 1. The maximum absolute atomic E-state index is 13.0. The highest BCUT2D eigenvalue weighted by Gasteiger charge is 2.31. The lowest BCUT2D eigenvalue weighted by molar-refractivity contribution is -0.137. The Hall–Kier alpha value is -1.76. The van der Waals surface area contributed by atoms with Crippen LogP contribution in [0.2, 0.25) is 5.02 Å². The number of rotatable bonds is 5. The van der Waals surface area contributed by atoms with Crippen molar-refractivity contribution in [1.29, 1.82) is 0 Å². The van der Waals surface area contributed by atoms with Crippen LogP contribution in [-0.4, -0.2) is 37.7 Å². The van der Waals surface area contributed by atoms with Crippen molar-refractivity contribution < 1.29 is 17.9 Å². The molecule has 0 bridgehead atoms. The molecule has 3 nitrogen and oxygen atoms in total. The largest absolute Gasteiger partial charge is 0.494 e. The van der Waals surface area contributed by atoms with Crippen molar-refractivity contribution in [2.45, 2.75) is 25.6 Å². The molecule has 0 amide bonds. The molecule has 7 heteroatoms. The third kappa shape index (κ3) is 4.99. The second-order valence-electron chi connectivity index (χ2n) is 6.78. The van der Waals surface area contributed by atoms with Crippen molar-refractivity contribution in [2.24, 2.45) is 0 Å². The second-order valence-corrected chi connectivity index (χ2v) is 7.21. The molecule has 1 N–H and O–H groups in total. The molecule has 28 heavy (non-hydrogen) atoms. The highest BCUT2D eigenvalue weighted by molar-refractivity contribution is 6.30. The summed E-state index contributed by atoms with van der Waals surface area (Å²) in [5.41, 5.74) is 1.01. The fraction of sp³-hybridized carbons (Fsp3) is 0.429. The van der Waals surface area contributed by atoms with Gasteiger partial charge in [0.1, 0.15) is 5.75 Å². The van der Waals surface area contributed by atoms with Gasteiger partial charge in [-0.2, -0.15) is 13.2 Å². The summed E-state index contributed by atoms with van der Waals surface area (Å²) in [5, 5.41) is 3.94. The first kappa shape index (κ1) is 21.0. The van der Waals surface area contributed by atoms with E-state index in [1.165, 1.54) is 0 Å². The molecule has 0 aliphatic carbocycles. The number of nitrogens with zero attached hydrogens (tertiary/aromatic N) is 1. The van der Waals surface area contributed by atoms with E-state index in [4.69, 9.17) is 16.3 Å². The fourth-order valence-electron chi connectivity index (χ4n) is 3.59. The lowest BCUT2D eigenvalue weighted by Crippen LogP contribution is -2.33. The predicted octanol–water partition coefficient (Wildman–Crippen LogP) is 5.14. The number of halogens is 4. The summed E-state index contributed by atoms with van der Waals surface area (Å²) in [5.74, 6) is 0.703. The van der Waals surface area contributed by atoms with Gasteiger partial charge in [-0.3, -0.25) is 4.90 Å². The van der Waals surface area contributed by atoms with Gasteiger partial charge >= 0.3 is 6.18 Å². The minimum absolute atomic E-state index is 0.234. The smallest absolute Gasteiger partial charge is 0.416 e. The van der Waals surface area contributed by atoms with Gasteiger partial charge in [0.15, 0.2) is 0 Å².